The lowest BCUT2D eigenvalue weighted by molar-refractivity contribution is -0.231. The first kappa shape index (κ1) is 27.0. The van der Waals surface area contributed by atoms with Gasteiger partial charge in [0.25, 0.3) is 0 Å². The summed E-state index contributed by atoms with van der Waals surface area (Å²) < 4.78 is 12.6. The van der Waals surface area contributed by atoms with Crippen LogP contribution in [0.3, 0.4) is 0 Å². The van der Waals surface area contributed by atoms with E-state index in [9.17, 15) is 9.90 Å². The van der Waals surface area contributed by atoms with Crippen molar-refractivity contribution in [1.82, 2.24) is 0 Å². The molecule has 1 aliphatic heterocycles. The number of aliphatic hydroxyl groups is 1. The van der Waals surface area contributed by atoms with Gasteiger partial charge in [-0.25, -0.2) is 0 Å². The number of esters is 1. The summed E-state index contributed by atoms with van der Waals surface area (Å²) in [4.78, 5) is 11.9. The summed E-state index contributed by atoms with van der Waals surface area (Å²) in [5.74, 6) is 2.49. The maximum absolute atomic E-state index is 11.9. The van der Waals surface area contributed by atoms with Gasteiger partial charge in [-0.1, -0.05) is 34.6 Å². The average molecular weight is 503 g/mol. The van der Waals surface area contributed by atoms with Gasteiger partial charge in [-0.05, 0) is 125 Å². The van der Waals surface area contributed by atoms with E-state index in [0.29, 0.717) is 34.0 Å². The number of rotatable bonds is 3. The molecule has 0 aromatic heterocycles. The molecule has 0 bridgehead atoms. The second kappa shape index (κ2) is 8.20. The zero-order valence-electron chi connectivity index (χ0n) is 24.7. The Labute approximate surface area is 220 Å². The van der Waals surface area contributed by atoms with Crippen LogP contribution in [0.25, 0.3) is 0 Å². The third-order valence-electron chi connectivity index (χ3n) is 13.5. The number of hydrogen-bond donors (Lipinski definition) is 1. The first-order valence-electron chi connectivity index (χ1n) is 15.1. The predicted octanol–water partition coefficient (Wildman–Crippen LogP) is 7.31. The molecule has 0 spiro atoms. The molecule has 4 aliphatic carbocycles. The Morgan fingerprint density at radius 2 is 1.47 bits per heavy atom. The maximum Gasteiger partial charge on any atom is 0.302 e. The second-order valence-electron chi connectivity index (χ2n) is 15.9. The maximum atomic E-state index is 11.9. The van der Waals surface area contributed by atoms with Crippen LogP contribution < -0.4 is 0 Å². The molecule has 5 rings (SSSR count). The Morgan fingerprint density at radius 3 is 2.08 bits per heavy atom. The molecule has 1 N–H and O–H groups in total. The number of hydrogen-bond acceptors (Lipinski definition) is 4. The van der Waals surface area contributed by atoms with Crippen LogP contribution >= 0.6 is 0 Å². The number of fused-ring (bicyclic) bond motifs is 5. The smallest absolute Gasteiger partial charge is 0.302 e. The van der Waals surface area contributed by atoms with E-state index in [1.54, 1.807) is 6.92 Å². The largest absolute Gasteiger partial charge is 0.462 e. The van der Waals surface area contributed by atoms with Crippen molar-refractivity contribution in [1.29, 1.82) is 0 Å². The van der Waals surface area contributed by atoms with Gasteiger partial charge in [0.2, 0.25) is 0 Å². The summed E-state index contributed by atoms with van der Waals surface area (Å²) in [5, 5.41) is 10.7. The quantitative estimate of drug-likeness (QED) is 0.411. The highest BCUT2D eigenvalue weighted by Crippen LogP contribution is 2.76. The van der Waals surface area contributed by atoms with Gasteiger partial charge in [0.15, 0.2) is 0 Å². The molecule has 0 aromatic rings. The third-order valence-corrected chi connectivity index (χ3v) is 13.5. The lowest BCUT2D eigenvalue weighted by atomic mass is 9.35. The number of ether oxygens (including phenoxy) is 2. The molecule has 36 heavy (non-hydrogen) atoms. The van der Waals surface area contributed by atoms with E-state index in [-0.39, 0.29) is 29.2 Å². The average Bonchev–Trinajstić information content (AvgIpc) is 3.32. The predicted molar refractivity (Wildman–Crippen MR) is 143 cm³/mol. The highest BCUT2D eigenvalue weighted by molar-refractivity contribution is 5.66. The Balaban J connectivity index is 1.42. The Morgan fingerprint density at radius 1 is 0.806 bits per heavy atom. The highest BCUT2D eigenvalue weighted by Gasteiger charge is 2.70. The molecule has 5 aliphatic rings. The molecule has 4 heteroatoms. The fourth-order valence-electron chi connectivity index (χ4n) is 11.5. The van der Waals surface area contributed by atoms with E-state index in [0.717, 1.165) is 25.2 Å². The molecule has 0 aromatic carbocycles. The number of carbonyl (C=O) groups is 1. The van der Waals surface area contributed by atoms with Crippen LogP contribution in [0.4, 0.5) is 0 Å². The monoisotopic (exact) mass is 502 g/mol. The van der Waals surface area contributed by atoms with Crippen molar-refractivity contribution < 1.29 is 19.4 Å². The third kappa shape index (κ3) is 3.62. The first-order chi connectivity index (χ1) is 16.5. The Kier molecular flexibility index (Phi) is 6.14. The summed E-state index contributed by atoms with van der Waals surface area (Å²) in [5.41, 5.74) is 0.122. The van der Waals surface area contributed by atoms with Crippen molar-refractivity contribution in [2.45, 2.75) is 150 Å². The van der Waals surface area contributed by atoms with E-state index >= 15 is 0 Å². The van der Waals surface area contributed by atoms with Crippen LogP contribution in [0, 0.1) is 45.3 Å². The summed E-state index contributed by atoms with van der Waals surface area (Å²) in [6.45, 7) is 20.4. The van der Waals surface area contributed by atoms with Gasteiger partial charge in [-0.15, -0.1) is 0 Å². The van der Waals surface area contributed by atoms with Crippen LogP contribution in [-0.2, 0) is 14.3 Å². The summed E-state index contributed by atoms with van der Waals surface area (Å²) >= 11 is 0. The van der Waals surface area contributed by atoms with Crippen molar-refractivity contribution in [3.05, 3.63) is 0 Å². The minimum Gasteiger partial charge on any atom is -0.462 e. The minimum absolute atomic E-state index is 0.0211. The van der Waals surface area contributed by atoms with Gasteiger partial charge in [-0.2, -0.15) is 0 Å². The molecule has 0 radical (unpaired) electrons. The molecule has 10 atom stereocenters. The topological polar surface area (TPSA) is 55.8 Å². The van der Waals surface area contributed by atoms with Gasteiger partial charge in [0.05, 0.1) is 17.3 Å². The van der Waals surface area contributed by atoms with Crippen molar-refractivity contribution in [2.24, 2.45) is 45.3 Å². The highest BCUT2D eigenvalue weighted by atomic mass is 16.5. The van der Waals surface area contributed by atoms with E-state index < -0.39 is 5.60 Å². The second-order valence-corrected chi connectivity index (χ2v) is 15.9. The molecule has 0 amide bonds. The van der Waals surface area contributed by atoms with Gasteiger partial charge in [-0.3, -0.25) is 4.79 Å². The van der Waals surface area contributed by atoms with E-state index in [4.69, 9.17) is 9.47 Å². The normalized spacial score (nSPS) is 52.3. The zero-order valence-corrected chi connectivity index (χ0v) is 24.7. The van der Waals surface area contributed by atoms with Crippen LogP contribution in [-0.4, -0.2) is 34.5 Å². The van der Waals surface area contributed by atoms with Crippen molar-refractivity contribution in [3.8, 4) is 0 Å². The van der Waals surface area contributed by atoms with Gasteiger partial charge in [0.1, 0.15) is 6.10 Å². The SMILES string of the molecule is CC(=O)O[C@@H]1CC[C@]2(C)[C@H]3CC[C@@H]4[C@@H]([C@]5(C)CC[C@@H](C(C)(C)O)O5)CC[C@@]4(C)[C@]3(C)CC[C@H]2C1(C)C. The lowest BCUT2D eigenvalue weighted by Crippen LogP contribution is -2.64. The van der Waals surface area contributed by atoms with E-state index in [1.165, 1.54) is 44.9 Å². The molecule has 5 fully saturated rings. The minimum atomic E-state index is -0.770. The van der Waals surface area contributed by atoms with Gasteiger partial charge < -0.3 is 14.6 Å². The van der Waals surface area contributed by atoms with Crippen molar-refractivity contribution in [3.63, 3.8) is 0 Å². The van der Waals surface area contributed by atoms with Crippen LogP contribution in [0.15, 0.2) is 0 Å². The zero-order chi connectivity index (χ0) is 26.5. The molecule has 206 valence electrons. The molecule has 4 nitrogen and oxygen atoms in total. The lowest BCUT2D eigenvalue weighted by Gasteiger charge is -2.70. The van der Waals surface area contributed by atoms with Gasteiger partial charge in [0, 0.05) is 12.3 Å². The summed E-state index contributed by atoms with van der Waals surface area (Å²) in [6.07, 6.45) is 11.9. The van der Waals surface area contributed by atoms with Crippen molar-refractivity contribution >= 4 is 5.97 Å². The fraction of sp³-hybridized carbons (Fsp3) is 0.969. The fourth-order valence-corrected chi connectivity index (χ4v) is 11.5. The molecular weight excluding hydrogens is 448 g/mol. The van der Waals surface area contributed by atoms with E-state index in [1.807, 2.05) is 13.8 Å². The number of carbonyl (C=O) groups excluding carboxylic acids is 1. The Bertz CT molecular complexity index is 889. The van der Waals surface area contributed by atoms with Crippen LogP contribution in [0.5, 0.6) is 0 Å². The molecule has 4 saturated carbocycles. The molecular formula is C32H54O4. The molecule has 1 heterocycles. The molecule has 0 unspecified atom stereocenters. The van der Waals surface area contributed by atoms with Crippen LogP contribution in [0.2, 0.25) is 0 Å². The van der Waals surface area contributed by atoms with E-state index in [2.05, 4.69) is 41.5 Å². The van der Waals surface area contributed by atoms with Gasteiger partial charge >= 0.3 is 5.97 Å². The summed E-state index contributed by atoms with van der Waals surface area (Å²) in [7, 11) is 0. The Hall–Kier alpha value is -0.610. The first-order valence-corrected chi connectivity index (χ1v) is 15.1. The standard InChI is InChI=1S/C32H54O4/c1-20(33)35-25-14-16-29(6)23(27(25,2)3)13-18-31(8)24(29)11-10-21-22(12-17-30(21,31)7)32(9)19-15-26(36-32)28(4,5)34/h21-26,34H,10-19H2,1-9H3/t21-,22+,23+,24-,25-,26+,29+,30-,31-,32+/m1/s1. The summed E-state index contributed by atoms with van der Waals surface area (Å²) in [6, 6.07) is 0. The van der Waals surface area contributed by atoms with Crippen molar-refractivity contribution in [2.75, 3.05) is 0 Å². The van der Waals surface area contributed by atoms with Crippen LogP contribution in [0.1, 0.15) is 127 Å². The molecule has 1 saturated heterocycles.